The van der Waals surface area contributed by atoms with Crippen LogP contribution in [0.2, 0.25) is 0 Å². The van der Waals surface area contributed by atoms with E-state index < -0.39 is 0 Å². The van der Waals surface area contributed by atoms with Gasteiger partial charge in [-0.1, -0.05) is 30.3 Å². The molecule has 1 aliphatic heterocycles. The molecule has 9 heteroatoms. The molecule has 1 aliphatic rings. The van der Waals surface area contributed by atoms with Crippen molar-refractivity contribution in [3.8, 4) is 0 Å². The van der Waals surface area contributed by atoms with Crippen molar-refractivity contribution in [3.05, 3.63) is 54.4 Å². The van der Waals surface area contributed by atoms with Crippen LogP contribution in [0.4, 0.5) is 5.95 Å². The number of piperazine rings is 1. The Morgan fingerprint density at radius 3 is 2.40 bits per heavy atom. The second kappa shape index (κ2) is 12.3. The fourth-order valence-corrected chi connectivity index (χ4v) is 3.37. The number of guanidine groups is 1. The zero-order valence-electron chi connectivity index (χ0n) is 17.6. The van der Waals surface area contributed by atoms with Crippen LogP contribution in [0.25, 0.3) is 0 Å². The molecule has 30 heavy (non-hydrogen) atoms. The van der Waals surface area contributed by atoms with Crippen LogP contribution in [0.5, 0.6) is 0 Å². The van der Waals surface area contributed by atoms with Crippen molar-refractivity contribution in [1.29, 1.82) is 0 Å². The largest absolute Gasteiger partial charge is 0.356 e. The molecule has 0 aliphatic carbocycles. The standard InChI is InChI=1S/C21H29N7O.HI/c1-22-20(26(2)17-18-7-4-3-5-8-18)25-12-9-19(29)27-13-15-28(16-14-27)21-23-10-6-11-24-21;/h3-8,10-11H,9,12-17H2,1-2H3,(H,22,25);1H. The predicted octanol–water partition coefficient (Wildman–Crippen LogP) is 1.84. The van der Waals surface area contributed by atoms with Crippen molar-refractivity contribution in [2.24, 2.45) is 4.99 Å². The molecule has 162 valence electrons. The van der Waals surface area contributed by atoms with Gasteiger partial charge in [0.15, 0.2) is 5.96 Å². The Labute approximate surface area is 195 Å². The van der Waals surface area contributed by atoms with E-state index in [1.54, 1.807) is 25.5 Å². The average molecular weight is 523 g/mol. The van der Waals surface area contributed by atoms with Gasteiger partial charge in [-0.25, -0.2) is 9.97 Å². The number of benzene rings is 1. The number of anilines is 1. The first-order chi connectivity index (χ1) is 14.2. The number of hydrogen-bond donors (Lipinski definition) is 1. The molecular weight excluding hydrogens is 493 g/mol. The van der Waals surface area contributed by atoms with Crippen molar-refractivity contribution < 1.29 is 4.79 Å². The van der Waals surface area contributed by atoms with E-state index in [1.165, 1.54) is 5.56 Å². The summed E-state index contributed by atoms with van der Waals surface area (Å²) in [5.41, 5.74) is 1.22. The van der Waals surface area contributed by atoms with Crippen molar-refractivity contribution in [1.82, 2.24) is 25.1 Å². The molecule has 1 saturated heterocycles. The highest BCUT2D eigenvalue weighted by Gasteiger charge is 2.22. The van der Waals surface area contributed by atoms with Crippen molar-refractivity contribution in [3.63, 3.8) is 0 Å². The van der Waals surface area contributed by atoms with Crippen molar-refractivity contribution >= 4 is 41.8 Å². The van der Waals surface area contributed by atoms with E-state index in [-0.39, 0.29) is 29.9 Å². The van der Waals surface area contributed by atoms with Crippen LogP contribution in [0, 0.1) is 0 Å². The molecule has 1 aromatic carbocycles. The number of aromatic nitrogens is 2. The Balaban J connectivity index is 0.00000320. The minimum Gasteiger partial charge on any atom is -0.356 e. The highest BCUT2D eigenvalue weighted by atomic mass is 127. The molecule has 3 rings (SSSR count). The number of rotatable bonds is 6. The highest BCUT2D eigenvalue weighted by molar-refractivity contribution is 14.0. The van der Waals surface area contributed by atoms with Gasteiger partial charge >= 0.3 is 0 Å². The molecule has 0 spiro atoms. The Kier molecular flexibility index (Phi) is 9.78. The van der Waals surface area contributed by atoms with Crippen LogP contribution in [-0.4, -0.2) is 78.5 Å². The number of amides is 1. The lowest BCUT2D eigenvalue weighted by Gasteiger charge is -2.34. The highest BCUT2D eigenvalue weighted by Crippen LogP contribution is 2.10. The van der Waals surface area contributed by atoms with Crippen LogP contribution in [-0.2, 0) is 11.3 Å². The zero-order valence-corrected chi connectivity index (χ0v) is 19.9. The lowest BCUT2D eigenvalue weighted by atomic mass is 10.2. The second-order valence-corrected chi connectivity index (χ2v) is 6.98. The first-order valence-electron chi connectivity index (χ1n) is 9.93. The van der Waals surface area contributed by atoms with Gasteiger partial charge in [0.1, 0.15) is 0 Å². The Bertz CT molecular complexity index is 796. The third kappa shape index (κ3) is 6.82. The van der Waals surface area contributed by atoms with Crippen LogP contribution in [0.3, 0.4) is 0 Å². The molecule has 0 bridgehead atoms. The van der Waals surface area contributed by atoms with Gasteiger partial charge in [0.2, 0.25) is 11.9 Å². The van der Waals surface area contributed by atoms with Gasteiger partial charge < -0.3 is 20.0 Å². The Hall–Kier alpha value is -2.43. The van der Waals surface area contributed by atoms with E-state index >= 15 is 0 Å². The third-order valence-corrected chi connectivity index (χ3v) is 4.93. The first kappa shape index (κ1) is 23.8. The molecule has 2 heterocycles. The van der Waals surface area contributed by atoms with Gasteiger partial charge in [0.25, 0.3) is 0 Å². The monoisotopic (exact) mass is 523 g/mol. The molecule has 0 radical (unpaired) electrons. The van der Waals surface area contributed by atoms with E-state index in [0.29, 0.717) is 26.1 Å². The normalized spacial score (nSPS) is 14.1. The first-order valence-corrected chi connectivity index (χ1v) is 9.93. The van der Waals surface area contributed by atoms with Gasteiger partial charge in [0.05, 0.1) is 0 Å². The Morgan fingerprint density at radius 1 is 1.10 bits per heavy atom. The summed E-state index contributed by atoms with van der Waals surface area (Å²) < 4.78 is 0. The maximum Gasteiger partial charge on any atom is 0.225 e. The smallest absolute Gasteiger partial charge is 0.225 e. The Morgan fingerprint density at radius 2 is 1.77 bits per heavy atom. The van der Waals surface area contributed by atoms with E-state index in [9.17, 15) is 4.79 Å². The molecule has 8 nitrogen and oxygen atoms in total. The average Bonchev–Trinajstić information content (AvgIpc) is 2.78. The van der Waals surface area contributed by atoms with Gasteiger partial charge in [-0.2, -0.15) is 0 Å². The number of carbonyl (C=O) groups is 1. The van der Waals surface area contributed by atoms with E-state index in [1.807, 2.05) is 30.1 Å². The van der Waals surface area contributed by atoms with E-state index in [2.05, 4.69) is 42.2 Å². The number of aliphatic imine (C=N–C) groups is 1. The van der Waals surface area contributed by atoms with Gasteiger partial charge in [0, 0.05) is 72.2 Å². The van der Waals surface area contributed by atoms with Crippen molar-refractivity contribution in [2.45, 2.75) is 13.0 Å². The summed E-state index contributed by atoms with van der Waals surface area (Å²) in [4.78, 5) is 31.5. The maximum atomic E-state index is 12.6. The SMILES string of the molecule is CN=C(NCCC(=O)N1CCN(c2ncccn2)CC1)N(C)Cc1ccccc1.I. The predicted molar refractivity (Wildman–Crippen MR) is 130 cm³/mol. The van der Waals surface area contributed by atoms with E-state index in [4.69, 9.17) is 0 Å². The summed E-state index contributed by atoms with van der Waals surface area (Å²) in [5, 5.41) is 3.29. The molecule has 2 aromatic rings. The minimum absolute atomic E-state index is 0. The molecule has 0 unspecified atom stereocenters. The fourth-order valence-electron chi connectivity index (χ4n) is 3.37. The number of hydrogen-bond acceptors (Lipinski definition) is 5. The van der Waals surface area contributed by atoms with Crippen LogP contribution in [0.1, 0.15) is 12.0 Å². The molecule has 1 N–H and O–H groups in total. The molecule has 0 atom stereocenters. The molecule has 1 amide bonds. The number of nitrogens with one attached hydrogen (secondary N) is 1. The maximum absolute atomic E-state index is 12.6. The lowest BCUT2D eigenvalue weighted by Crippen LogP contribution is -2.50. The summed E-state index contributed by atoms with van der Waals surface area (Å²) in [6, 6.07) is 12.1. The second-order valence-electron chi connectivity index (χ2n) is 6.98. The summed E-state index contributed by atoms with van der Waals surface area (Å²) in [5.74, 6) is 1.67. The number of carbonyl (C=O) groups excluding carboxylic acids is 1. The molecule has 1 aromatic heterocycles. The minimum atomic E-state index is 0. The van der Waals surface area contributed by atoms with Crippen LogP contribution in [0.15, 0.2) is 53.8 Å². The van der Waals surface area contributed by atoms with Gasteiger partial charge in [-0.15, -0.1) is 24.0 Å². The quantitative estimate of drug-likeness (QED) is 0.354. The van der Waals surface area contributed by atoms with E-state index in [0.717, 1.165) is 31.5 Å². The number of nitrogens with zero attached hydrogens (tertiary/aromatic N) is 6. The van der Waals surface area contributed by atoms with Gasteiger partial charge in [-0.05, 0) is 11.6 Å². The fraction of sp³-hybridized carbons (Fsp3) is 0.429. The summed E-state index contributed by atoms with van der Waals surface area (Å²) in [6.07, 6.45) is 3.93. The van der Waals surface area contributed by atoms with Crippen molar-refractivity contribution in [2.75, 3.05) is 51.7 Å². The zero-order chi connectivity index (χ0) is 20.5. The van der Waals surface area contributed by atoms with Gasteiger partial charge in [-0.3, -0.25) is 9.79 Å². The molecule has 0 saturated carbocycles. The molecule has 1 fully saturated rings. The van der Waals surface area contributed by atoms with Crippen LogP contribution < -0.4 is 10.2 Å². The third-order valence-electron chi connectivity index (χ3n) is 4.93. The number of halogens is 1. The summed E-state index contributed by atoms with van der Waals surface area (Å²) >= 11 is 0. The van der Waals surface area contributed by atoms with Crippen LogP contribution >= 0.6 is 24.0 Å². The topological polar surface area (TPSA) is 77.0 Å². The summed E-state index contributed by atoms with van der Waals surface area (Å²) in [7, 11) is 3.76. The molecular formula is C21H30IN7O. The summed E-state index contributed by atoms with van der Waals surface area (Å²) in [6.45, 7) is 4.22. The lowest BCUT2D eigenvalue weighted by molar-refractivity contribution is -0.131.